The number of benzene rings is 2. The van der Waals surface area contributed by atoms with Gasteiger partial charge in [-0.3, -0.25) is 4.79 Å². The molecule has 0 unspecified atom stereocenters. The first-order valence-corrected chi connectivity index (χ1v) is 6.49. The number of hydrogen-bond donors (Lipinski definition) is 2. The van der Waals surface area contributed by atoms with Crippen LogP contribution < -0.4 is 5.32 Å². The van der Waals surface area contributed by atoms with Crippen LogP contribution in [0.4, 0.5) is 0 Å². The van der Waals surface area contributed by atoms with Crippen LogP contribution in [-0.2, 0) is 11.2 Å². The van der Waals surface area contributed by atoms with E-state index in [1.165, 1.54) is 0 Å². The van der Waals surface area contributed by atoms with Crippen molar-refractivity contribution in [1.82, 2.24) is 5.32 Å². The van der Waals surface area contributed by atoms with Crippen LogP contribution in [0.1, 0.15) is 5.56 Å². The third-order valence-electron chi connectivity index (χ3n) is 3.04. The molecule has 0 radical (unpaired) electrons. The highest BCUT2D eigenvalue weighted by atomic mass is 79.9. The number of nitrogens with one attached hydrogen (secondary N) is 1. The maximum Gasteiger partial charge on any atom is 0.321 e. The topological polar surface area (TPSA) is 49.3 Å². The summed E-state index contributed by atoms with van der Waals surface area (Å²) in [4.78, 5) is 11.1. The SMILES string of the molecule is CN[C@@H](Cc1c(Br)ccc2ccccc12)C(=O)O.Cl. The Hall–Kier alpha value is -1.10. The summed E-state index contributed by atoms with van der Waals surface area (Å²) in [7, 11) is 1.66. The van der Waals surface area contributed by atoms with Crippen LogP contribution in [-0.4, -0.2) is 24.2 Å². The van der Waals surface area contributed by atoms with Gasteiger partial charge in [-0.2, -0.15) is 0 Å². The molecule has 0 amide bonds. The lowest BCUT2D eigenvalue weighted by molar-refractivity contribution is -0.139. The van der Waals surface area contributed by atoms with Gasteiger partial charge in [0.05, 0.1) is 0 Å². The molecule has 0 aliphatic heterocycles. The van der Waals surface area contributed by atoms with Crippen molar-refractivity contribution in [1.29, 1.82) is 0 Å². The molecule has 0 fully saturated rings. The number of aliphatic carboxylic acids is 1. The van der Waals surface area contributed by atoms with Gasteiger partial charge >= 0.3 is 5.97 Å². The molecule has 0 aliphatic carbocycles. The first-order chi connectivity index (χ1) is 8.63. The zero-order valence-electron chi connectivity index (χ0n) is 10.4. The minimum absolute atomic E-state index is 0. The molecule has 2 N–H and O–H groups in total. The number of fused-ring (bicyclic) bond motifs is 1. The maximum atomic E-state index is 11.1. The third kappa shape index (κ3) is 3.47. The number of halogens is 2. The van der Waals surface area contributed by atoms with E-state index >= 15 is 0 Å². The third-order valence-corrected chi connectivity index (χ3v) is 3.78. The van der Waals surface area contributed by atoms with E-state index in [0.29, 0.717) is 6.42 Å². The van der Waals surface area contributed by atoms with Gasteiger partial charge in [-0.05, 0) is 29.4 Å². The van der Waals surface area contributed by atoms with Gasteiger partial charge in [-0.25, -0.2) is 0 Å². The molecule has 0 heterocycles. The summed E-state index contributed by atoms with van der Waals surface area (Å²) in [5.74, 6) is -0.836. The van der Waals surface area contributed by atoms with Crippen LogP contribution in [0.15, 0.2) is 40.9 Å². The summed E-state index contributed by atoms with van der Waals surface area (Å²) < 4.78 is 0.947. The average Bonchev–Trinajstić information content (AvgIpc) is 2.37. The molecule has 2 aromatic carbocycles. The fourth-order valence-electron chi connectivity index (χ4n) is 2.03. The number of likely N-dealkylation sites (N-methyl/N-ethyl adjacent to an activating group) is 1. The van der Waals surface area contributed by atoms with Crippen LogP contribution in [0.2, 0.25) is 0 Å². The lowest BCUT2D eigenvalue weighted by Gasteiger charge is -2.14. The predicted molar refractivity (Wildman–Crippen MR) is 83.1 cm³/mol. The van der Waals surface area contributed by atoms with E-state index in [2.05, 4.69) is 21.2 Å². The van der Waals surface area contributed by atoms with Crippen molar-refractivity contribution in [2.24, 2.45) is 0 Å². The Balaban J connectivity index is 0.00000180. The molecular weight excluding hydrogens is 330 g/mol. The van der Waals surface area contributed by atoms with Gasteiger partial charge in [0.25, 0.3) is 0 Å². The van der Waals surface area contributed by atoms with Gasteiger partial charge in [0, 0.05) is 10.9 Å². The highest BCUT2D eigenvalue weighted by molar-refractivity contribution is 9.10. The van der Waals surface area contributed by atoms with Gasteiger partial charge in [0.1, 0.15) is 6.04 Å². The van der Waals surface area contributed by atoms with Crippen molar-refractivity contribution < 1.29 is 9.90 Å². The molecule has 0 aromatic heterocycles. The number of carbonyl (C=O) groups is 1. The summed E-state index contributed by atoms with van der Waals surface area (Å²) in [6, 6.07) is 11.4. The van der Waals surface area contributed by atoms with Crippen molar-refractivity contribution in [2.75, 3.05) is 7.05 Å². The molecule has 0 aliphatic rings. The molecule has 5 heteroatoms. The molecule has 0 saturated carbocycles. The van der Waals surface area contributed by atoms with Crippen LogP contribution in [0.5, 0.6) is 0 Å². The van der Waals surface area contributed by atoms with Gasteiger partial charge in [-0.15, -0.1) is 12.4 Å². The second-order valence-electron chi connectivity index (χ2n) is 4.13. The normalized spacial score (nSPS) is 11.9. The first kappa shape index (κ1) is 16.0. The van der Waals surface area contributed by atoms with Crippen LogP contribution >= 0.6 is 28.3 Å². The second kappa shape index (κ2) is 6.89. The minimum Gasteiger partial charge on any atom is -0.480 e. The standard InChI is InChI=1S/C14H14BrNO2.ClH/c1-16-13(14(17)18)8-11-10-5-3-2-4-9(10)6-7-12(11)15;/h2-7,13,16H,8H2,1H3,(H,17,18);1H/t13-;/m0./s1. The number of rotatable bonds is 4. The lowest BCUT2D eigenvalue weighted by atomic mass is 9.99. The van der Waals surface area contributed by atoms with Gasteiger partial charge in [-0.1, -0.05) is 46.3 Å². The monoisotopic (exact) mass is 343 g/mol. The molecule has 0 bridgehead atoms. The quantitative estimate of drug-likeness (QED) is 0.895. The van der Waals surface area contributed by atoms with Crippen molar-refractivity contribution in [3.05, 3.63) is 46.4 Å². The van der Waals surface area contributed by atoms with E-state index < -0.39 is 12.0 Å². The minimum atomic E-state index is -0.836. The summed E-state index contributed by atoms with van der Waals surface area (Å²) in [6.45, 7) is 0. The van der Waals surface area contributed by atoms with Crippen molar-refractivity contribution >= 4 is 45.1 Å². The van der Waals surface area contributed by atoms with Crippen LogP contribution in [0, 0.1) is 0 Å². The van der Waals surface area contributed by atoms with Crippen LogP contribution in [0.3, 0.4) is 0 Å². The fourth-order valence-corrected chi connectivity index (χ4v) is 2.54. The molecule has 19 heavy (non-hydrogen) atoms. The Morgan fingerprint density at radius 2 is 2.00 bits per heavy atom. The molecular formula is C14H15BrClNO2. The lowest BCUT2D eigenvalue weighted by Crippen LogP contribution is -2.35. The van der Waals surface area contributed by atoms with Crippen molar-refractivity contribution in [3.63, 3.8) is 0 Å². The predicted octanol–water partition coefficient (Wildman–Crippen LogP) is 3.24. The number of carboxylic acid groups (broad SMARTS) is 1. The molecule has 0 spiro atoms. The van der Waals surface area contributed by atoms with E-state index in [1.807, 2.05) is 36.4 Å². The zero-order valence-corrected chi connectivity index (χ0v) is 12.8. The highest BCUT2D eigenvalue weighted by Crippen LogP contribution is 2.27. The average molecular weight is 345 g/mol. The first-order valence-electron chi connectivity index (χ1n) is 5.69. The van der Waals surface area contributed by atoms with Crippen molar-refractivity contribution in [2.45, 2.75) is 12.5 Å². The molecule has 0 saturated heterocycles. The largest absolute Gasteiger partial charge is 0.480 e. The Morgan fingerprint density at radius 1 is 1.32 bits per heavy atom. The Bertz CT molecular complexity index is 589. The van der Waals surface area contributed by atoms with Crippen molar-refractivity contribution in [3.8, 4) is 0 Å². The highest BCUT2D eigenvalue weighted by Gasteiger charge is 2.18. The Labute approximate surface area is 126 Å². The van der Waals surface area contributed by atoms with E-state index in [4.69, 9.17) is 5.11 Å². The van der Waals surface area contributed by atoms with E-state index in [-0.39, 0.29) is 12.4 Å². The van der Waals surface area contributed by atoms with E-state index in [0.717, 1.165) is 20.8 Å². The Kier molecular flexibility index (Phi) is 5.79. The molecule has 3 nitrogen and oxygen atoms in total. The molecule has 2 aromatic rings. The summed E-state index contributed by atoms with van der Waals surface area (Å²) in [5, 5.41) is 14.2. The van der Waals surface area contributed by atoms with Gasteiger partial charge in [0.15, 0.2) is 0 Å². The van der Waals surface area contributed by atoms with Crippen LogP contribution in [0.25, 0.3) is 10.8 Å². The number of carboxylic acids is 1. The Morgan fingerprint density at radius 3 is 2.63 bits per heavy atom. The zero-order chi connectivity index (χ0) is 13.1. The van der Waals surface area contributed by atoms with E-state index in [9.17, 15) is 4.79 Å². The molecule has 102 valence electrons. The smallest absolute Gasteiger partial charge is 0.321 e. The summed E-state index contributed by atoms with van der Waals surface area (Å²) >= 11 is 3.50. The molecule has 1 atom stereocenters. The maximum absolute atomic E-state index is 11.1. The van der Waals surface area contributed by atoms with Gasteiger partial charge < -0.3 is 10.4 Å². The number of hydrogen-bond acceptors (Lipinski definition) is 2. The van der Waals surface area contributed by atoms with Gasteiger partial charge in [0.2, 0.25) is 0 Å². The molecule has 2 rings (SSSR count). The summed E-state index contributed by atoms with van der Waals surface area (Å²) in [5.41, 5.74) is 1.02. The summed E-state index contributed by atoms with van der Waals surface area (Å²) in [6.07, 6.45) is 0.452. The van der Waals surface area contributed by atoms with E-state index in [1.54, 1.807) is 7.05 Å². The second-order valence-corrected chi connectivity index (χ2v) is 4.99. The fraction of sp³-hybridized carbons (Fsp3) is 0.214.